The first-order valence-electron chi connectivity index (χ1n) is 8.10. The third-order valence-corrected chi connectivity index (χ3v) is 4.11. The predicted octanol–water partition coefficient (Wildman–Crippen LogP) is 2.88. The number of aromatic nitrogens is 2. The lowest BCUT2D eigenvalue weighted by atomic mass is 10.1. The minimum Gasteiger partial charge on any atom is -0.449 e. The second-order valence-electron chi connectivity index (χ2n) is 5.84. The molecule has 0 spiro atoms. The van der Waals surface area contributed by atoms with Crippen LogP contribution in [0.15, 0.2) is 24.3 Å². The van der Waals surface area contributed by atoms with Crippen LogP contribution < -0.4 is 5.32 Å². The molecule has 1 atom stereocenters. The number of benzene rings is 1. The maximum absolute atomic E-state index is 12.4. The molecule has 1 N–H and O–H groups in total. The summed E-state index contributed by atoms with van der Waals surface area (Å²) in [6.07, 6.45) is -0.900. The Morgan fingerprint density at radius 3 is 2.52 bits per heavy atom. The third-order valence-electron chi connectivity index (χ3n) is 3.73. The molecular weight excluding hydrogens is 342 g/mol. The molecule has 134 valence electrons. The van der Waals surface area contributed by atoms with Crippen molar-refractivity contribution in [2.45, 2.75) is 40.3 Å². The number of ether oxygens (including phenoxy) is 1. The Morgan fingerprint density at radius 2 is 1.92 bits per heavy atom. The zero-order chi connectivity index (χ0) is 18.6. The van der Waals surface area contributed by atoms with Crippen LogP contribution in [0.25, 0.3) is 0 Å². The smallest absolute Gasteiger partial charge is 0.343 e. The molecule has 0 unspecified atom stereocenters. The zero-order valence-corrected chi connectivity index (χ0v) is 15.6. The molecule has 0 fully saturated rings. The molecule has 0 aliphatic carbocycles. The van der Waals surface area contributed by atoms with E-state index in [0.29, 0.717) is 18.8 Å². The van der Waals surface area contributed by atoms with Crippen molar-refractivity contribution in [2.24, 2.45) is 0 Å². The van der Waals surface area contributed by atoms with Gasteiger partial charge in [-0.25, -0.2) is 9.48 Å². The van der Waals surface area contributed by atoms with Crippen LogP contribution in [0.3, 0.4) is 0 Å². The number of hydrogen-bond donors (Lipinski definition) is 1. The number of esters is 1. The largest absolute Gasteiger partial charge is 0.449 e. The second-order valence-corrected chi connectivity index (χ2v) is 6.19. The summed E-state index contributed by atoms with van der Waals surface area (Å²) in [6.45, 7) is 7.92. The maximum atomic E-state index is 12.4. The first-order valence-corrected chi connectivity index (χ1v) is 8.48. The van der Waals surface area contributed by atoms with Crippen molar-refractivity contribution in [1.29, 1.82) is 0 Å². The first kappa shape index (κ1) is 19.0. The number of nitrogens with one attached hydrogen (secondary N) is 1. The summed E-state index contributed by atoms with van der Waals surface area (Å²) in [5.74, 6) is -1.01. The lowest BCUT2D eigenvalue weighted by molar-refractivity contribution is -0.128. The number of rotatable bonds is 6. The van der Waals surface area contributed by atoms with Crippen molar-refractivity contribution < 1.29 is 14.3 Å². The molecule has 1 aromatic carbocycles. The fourth-order valence-corrected chi connectivity index (χ4v) is 2.66. The summed E-state index contributed by atoms with van der Waals surface area (Å²) in [6, 6.07) is 7.97. The van der Waals surface area contributed by atoms with Gasteiger partial charge in [0, 0.05) is 6.54 Å². The Bertz CT molecular complexity index is 769. The van der Waals surface area contributed by atoms with Crippen molar-refractivity contribution in [1.82, 2.24) is 15.1 Å². The molecule has 1 aromatic heterocycles. The number of aryl methyl sites for hydroxylation is 2. The minimum absolute atomic E-state index is 0.185. The van der Waals surface area contributed by atoms with Gasteiger partial charge in [-0.05, 0) is 33.3 Å². The van der Waals surface area contributed by atoms with Gasteiger partial charge < -0.3 is 10.1 Å². The molecular formula is C18H22ClN3O3. The highest BCUT2D eigenvalue weighted by atomic mass is 35.5. The van der Waals surface area contributed by atoms with Crippen LogP contribution in [0, 0.1) is 13.8 Å². The van der Waals surface area contributed by atoms with E-state index >= 15 is 0 Å². The molecule has 0 aliphatic heterocycles. The Hall–Kier alpha value is -2.34. The van der Waals surface area contributed by atoms with Crippen LogP contribution in [0.5, 0.6) is 0 Å². The van der Waals surface area contributed by atoms with Crippen molar-refractivity contribution >= 4 is 23.5 Å². The molecule has 0 aliphatic rings. The van der Waals surface area contributed by atoms with Gasteiger partial charge in [-0.2, -0.15) is 5.10 Å². The summed E-state index contributed by atoms with van der Waals surface area (Å²) in [5.41, 5.74) is 2.83. The Balaban J connectivity index is 2.16. The van der Waals surface area contributed by atoms with Gasteiger partial charge in [0.05, 0.1) is 12.2 Å². The van der Waals surface area contributed by atoms with Gasteiger partial charge in [-0.3, -0.25) is 4.79 Å². The molecule has 25 heavy (non-hydrogen) atoms. The summed E-state index contributed by atoms with van der Waals surface area (Å²) < 4.78 is 6.75. The van der Waals surface area contributed by atoms with E-state index in [9.17, 15) is 9.59 Å². The normalized spacial score (nSPS) is 11.9. The highest BCUT2D eigenvalue weighted by Crippen LogP contribution is 2.22. The van der Waals surface area contributed by atoms with Crippen molar-refractivity contribution in [2.75, 3.05) is 6.54 Å². The van der Waals surface area contributed by atoms with E-state index in [2.05, 4.69) is 10.4 Å². The van der Waals surface area contributed by atoms with Crippen LogP contribution in [-0.2, 0) is 16.1 Å². The van der Waals surface area contributed by atoms with Crippen LogP contribution in [0.2, 0.25) is 5.15 Å². The van der Waals surface area contributed by atoms with E-state index in [4.69, 9.17) is 16.3 Å². The van der Waals surface area contributed by atoms with Gasteiger partial charge >= 0.3 is 5.97 Å². The van der Waals surface area contributed by atoms with Crippen LogP contribution >= 0.6 is 11.6 Å². The fraction of sp³-hybridized carbons (Fsp3) is 0.389. The molecule has 1 amide bonds. The molecule has 0 saturated heterocycles. The predicted molar refractivity (Wildman–Crippen MR) is 95.8 cm³/mol. The highest BCUT2D eigenvalue weighted by molar-refractivity contribution is 6.32. The average molecular weight is 364 g/mol. The topological polar surface area (TPSA) is 73.2 Å². The van der Waals surface area contributed by atoms with Gasteiger partial charge in [-0.15, -0.1) is 0 Å². The Kier molecular flexibility index (Phi) is 6.20. The van der Waals surface area contributed by atoms with Gasteiger partial charge in [-0.1, -0.05) is 41.4 Å². The molecule has 0 radical (unpaired) electrons. The van der Waals surface area contributed by atoms with Gasteiger partial charge in [0.2, 0.25) is 0 Å². The van der Waals surface area contributed by atoms with Crippen molar-refractivity contribution in [3.8, 4) is 0 Å². The number of carbonyl (C=O) groups is 2. The Labute approximate surface area is 152 Å². The Morgan fingerprint density at radius 1 is 1.28 bits per heavy atom. The summed E-state index contributed by atoms with van der Waals surface area (Å²) in [4.78, 5) is 24.1. The summed E-state index contributed by atoms with van der Waals surface area (Å²) in [5, 5.41) is 7.12. The van der Waals surface area contributed by atoms with E-state index in [1.165, 1.54) is 6.92 Å². The van der Waals surface area contributed by atoms with Crippen molar-refractivity contribution in [3.63, 3.8) is 0 Å². The van der Waals surface area contributed by atoms with Crippen LogP contribution in [0.4, 0.5) is 0 Å². The maximum Gasteiger partial charge on any atom is 0.343 e. The molecule has 0 saturated carbocycles. The average Bonchev–Trinajstić information content (AvgIpc) is 2.83. The standard InChI is InChI=1S/C18H22ClN3O3/c1-5-20-17(23)13(4)25-18(24)15-12(3)21-22(16(15)19)10-14-8-6-11(2)7-9-14/h6-9,13H,5,10H2,1-4H3,(H,20,23)/t13-/m0/s1. The van der Waals surface area contributed by atoms with Crippen LogP contribution in [0.1, 0.15) is 41.0 Å². The molecule has 7 heteroatoms. The SMILES string of the molecule is CCNC(=O)[C@H](C)OC(=O)c1c(C)nn(Cc2ccc(C)cc2)c1Cl. The number of hydrogen-bond acceptors (Lipinski definition) is 4. The number of amides is 1. The summed E-state index contributed by atoms with van der Waals surface area (Å²) >= 11 is 6.33. The highest BCUT2D eigenvalue weighted by Gasteiger charge is 2.25. The van der Waals surface area contributed by atoms with E-state index in [0.717, 1.165) is 11.1 Å². The molecule has 2 aromatic rings. The molecule has 2 rings (SSSR count). The zero-order valence-electron chi connectivity index (χ0n) is 14.8. The second kappa shape index (κ2) is 8.16. The number of likely N-dealkylation sites (N-methyl/N-ethyl adjacent to an activating group) is 1. The first-order chi connectivity index (χ1) is 11.8. The number of halogens is 1. The van der Waals surface area contributed by atoms with Crippen LogP contribution in [-0.4, -0.2) is 34.3 Å². The van der Waals surface area contributed by atoms with Gasteiger partial charge in [0.1, 0.15) is 10.7 Å². The van der Waals surface area contributed by atoms with E-state index in [1.54, 1.807) is 18.5 Å². The summed E-state index contributed by atoms with van der Waals surface area (Å²) in [7, 11) is 0. The third kappa shape index (κ3) is 4.60. The molecule has 0 bridgehead atoms. The number of nitrogens with zero attached hydrogens (tertiary/aromatic N) is 2. The van der Waals surface area contributed by atoms with Crippen molar-refractivity contribution in [3.05, 3.63) is 51.8 Å². The lowest BCUT2D eigenvalue weighted by Crippen LogP contribution is -2.35. The van der Waals surface area contributed by atoms with E-state index in [-0.39, 0.29) is 16.6 Å². The minimum atomic E-state index is -0.900. The lowest BCUT2D eigenvalue weighted by Gasteiger charge is -2.12. The van der Waals surface area contributed by atoms with E-state index in [1.807, 2.05) is 31.2 Å². The fourth-order valence-electron chi connectivity index (χ4n) is 2.35. The van der Waals surface area contributed by atoms with Gasteiger partial charge in [0.15, 0.2) is 6.10 Å². The van der Waals surface area contributed by atoms with E-state index < -0.39 is 12.1 Å². The van der Waals surface area contributed by atoms with Gasteiger partial charge in [0.25, 0.3) is 5.91 Å². The molecule has 1 heterocycles. The quantitative estimate of drug-likeness (QED) is 0.801. The molecule has 6 nitrogen and oxygen atoms in total. The monoisotopic (exact) mass is 363 g/mol. The number of carbonyl (C=O) groups excluding carboxylic acids is 2.